The molecule has 23 heavy (non-hydrogen) atoms. The van der Waals surface area contributed by atoms with Crippen molar-refractivity contribution in [2.24, 2.45) is 5.92 Å². The highest BCUT2D eigenvalue weighted by molar-refractivity contribution is 7.80. The van der Waals surface area contributed by atoms with E-state index in [0.717, 1.165) is 24.7 Å². The van der Waals surface area contributed by atoms with Crippen molar-refractivity contribution < 1.29 is 0 Å². The minimum absolute atomic E-state index is 0.701. The number of allylic oxidation sites excluding steroid dienone is 2. The number of hydrogen-bond acceptors (Lipinski definition) is 2. The number of pyridine rings is 1. The van der Waals surface area contributed by atoms with Crippen molar-refractivity contribution in [3.05, 3.63) is 42.2 Å². The van der Waals surface area contributed by atoms with Gasteiger partial charge in [-0.25, -0.2) is 0 Å². The van der Waals surface area contributed by atoms with Gasteiger partial charge in [-0.05, 0) is 55.4 Å². The Balaban J connectivity index is 1.92. The van der Waals surface area contributed by atoms with Crippen LogP contribution in [0.4, 0.5) is 0 Å². The fourth-order valence-corrected chi connectivity index (χ4v) is 3.19. The van der Waals surface area contributed by atoms with E-state index in [9.17, 15) is 0 Å². The summed E-state index contributed by atoms with van der Waals surface area (Å²) in [5, 5.41) is 4.33. The molecule has 0 aliphatic heterocycles. The third-order valence-electron chi connectivity index (χ3n) is 4.30. The van der Waals surface area contributed by atoms with Gasteiger partial charge >= 0.3 is 0 Å². The average Bonchev–Trinajstić information content (AvgIpc) is 2.60. The first-order valence-corrected chi connectivity index (χ1v) is 9.27. The summed E-state index contributed by atoms with van der Waals surface area (Å²) in [6.45, 7) is 5.07. The lowest BCUT2D eigenvalue weighted by Gasteiger charge is -2.30. The highest BCUT2D eigenvalue weighted by atomic mass is 32.1. The molecule has 0 aromatic carbocycles. The first-order chi connectivity index (χ1) is 11.3. The van der Waals surface area contributed by atoms with E-state index in [1.54, 1.807) is 0 Å². The zero-order chi connectivity index (χ0) is 16.3. The Morgan fingerprint density at radius 3 is 3.00 bits per heavy atom. The number of rotatable bonds is 8. The minimum atomic E-state index is 0.701. The predicted octanol–water partition coefficient (Wildman–Crippen LogP) is 4.30. The van der Waals surface area contributed by atoms with Gasteiger partial charge in [-0.2, -0.15) is 0 Å². The fourth-order valence-electron chi connectivity index (χ4n) is 2.95. The van der Waals surface area contributed by atoms with E-state index >= 15 is 0 Å². The van der Waals surface area contributed by atoms with Gasteiger partial charge in [-0.15, -0.1) is 0 Å². The number of hydrogen-bond donors (Lipinski definition) is 1. The van der Waals surface area contributed by atoms with Crippen LogP contribution in [0.2, 0.25) is 0 Å². The molecule has 0 amide bonds. The second-order valence-corrected chi connectivity index (χ2v) is 6.72. The summed E-state index contributed by atoms with van der Waals surface area (Å²) < 4.78 is 0. The third-order valence-corrected chi connectivity index (χ3v) is 4.70. The van der Waals surface area contributed by atoms with Gasteiger partial charge in [0.15, 0.2) is 5.11 Å². The molecule has 2 rings (SSSR count). The second kappa shape index (κ2) is 10.4. The molecule has 0 bridgehead atoms. The quantitative estimate of drug-likeness (QED) is 0.437. The molecular formula is C19H29N3S. The van der Waals surface area contributed by atoms with Crippen molar-refractivity contribution >= 4 is 17.3 Å². The van der Waals surface area contributed by atoms with Gasteiger partial charge < -0.3 is 10.2 Å². The Morgan fingerprint density at radius 2 is 2.30 bits per heavy atom. The van der Waals surface area contributed by atoms with E-state index in [2.05, 4.69) is 40.3 Å². The number of thiocarbonyl (C=S) groups is 1. The minimum Gasteiger partial charge on any atom is -0.363 e. The molecule has 4 heteroatoms. The van der Waals surface area contributed by atoms with Gasteiger partial charge in [-0.1, -0.05) is 38.0 Å². The van der Waals surface area contributed by atoms with Crippen LogP contribution in [0.1, 0.15) is 51.0 Å². The molecule has 0 saturated carbocycles. The smallest absolute Gasteiger partial charge is 0.169 e. The van der Waals surface area contributed by atoms with E-state index in [-0.39, 0.29) is 0 Å². The van der Waals surface area contributed by atoms with Crippen molar-refractivity contribution in [3.63, 3.8) is 0 Å². The van der Waals surface area contributed by atoms with Gasteiger partial charge in [0.25, 0.3) is 0 Å². The normalized spacial score (nSPS) is 17.0. The van der Waals surface area contributed by atoms with Crippen LogP contribution in [-0.2, 0) is 6.54 Å². The van der Waals surface area contributed by atoms with Crippen LogP contribution in [0.15, 0.2) is 36.7 Å². The van der Waals surface area contributed by atoms with Gasteiger partial charge in [-0.3, -0.25) is 4.98 Å². The number of nitrogens with zero attached hydrogens (tertiary/aromatic N) is 2. The van der Waals surface area contributed by atoms with Crippen LogP contribution < -0.4 is 5.32 Å². The molecule has 1 atom stereocenters. The lowest BCUT2D eigenvalue weighted by Crippen LogP contribution is -2.42. The summed E-state index contributed by atoms with van der Waals surface area (Å²) in [5.74, 6) is 0.701. The van der Waals surface area contributed by atoms with Crippen LogP contribution in [0, 0.1) is 5.92 Å². The summed E-state index contributed by atoms with van der Waals surface area (Å²) in [4.78, 5) is 6.55. The Hall–Kier alpha value is -1.42. The van der Waals surface area contributed by atoms with Gasteiger partial charge in [0.1, 0.15) is 0 Å². The standard InChI is InChI=1S/C19H29N3S/c1-2-3-7-13-21-19(23)22(15-17-9-5-4-6-10-17)16-18-11-8-12-20-14-18/h4-5,8,11-12,14,17H,2-3,6-7,9-10,13,15-16H2,1H3,(H,21,23)/t17-/m0/s1. The van der Waals surface area contributed by atoms with Crippen LogP contribution in [0.5, 0.6) is 0 Å². The van der Waals surface area contributed by atoms with E-state index in [4.69, 9.17) is 12.2 Å². The van der Waals surface area contributed by atoms with Crippen molar-refractivity contribution in [3.8, 4) is 0 Å². The molecule has 0 spiro atoms. The van der Waals surface area contributed by atoms with Crippen LogP contribution >= 0.6 is 12.2 Å². The van der Waals surface area contributed by atoms with Crippen molar-refractivity contribution in [1.29, 1.82) is 0 Å². The summed E-state index contributed by atoms with van der Waals surface area (Å²) in [7, 11) is 0. The molecule has 1 aliphatic carbocycles. The Labute approximate surface area is 146 Å². The van der Waals surface area contributed by atoms with Gasteiger partial charge in [0.2, 0.25) is 0 Å². The van der Waals surface area contributed by atoms with E-state index < -0.39 is 0 Å². The Bertz CT molecular complexity index is 487. The summed E-state index contributed by atoms with van der Waals surface area (Å²) in [6.07, 6.45) is 15.7. The maximum absolute atomic E-state index is 5.67. The number of nitrogens with one attached hydrogen (secondary N) is 1. The summed E-state index contributed by atoms with van der Waals surface area (Å²) in [5.41, 5.74) is 1.22. The molecule has 1 heterocycles. The molecular weight excluding hydrogens is 302 g/mol. The van der Waals surface area contributed by atoms with Crippen molar-refractivity contribution in [2.75, 3.05) is 13.1 Å². The molecule has 0 fully saturated rings. The molecule has 0 saturated heterocycles. The SMILES string of the molecule is CCCCCNC(=S)N(Cc1cccnc1)C[C@H]1CC=CCC1. The maximum atomic E-state index is 5.67. The number of unbranched alkanes of at least 4 members (excludes halogenated alkanes) is 2. The van der Waals surface area contributed by atoms with E-state index in [1.165, 1.54) is 44.1 Å². The predicted molar refractivity (Wildman–Crippen MR) is 101 cm³/mol. The molecule has 1 aromatic heterocycles. The second-order valence-electron chi connectivity index (χ2n) is 6.33. The largest absolute Gasteiger partial charge is 0.363 e. The Kier molecular flexibility index (Phi) is 8.08. The number of aromatic nitrogens is 1. The Morgan fingerprint density at radius 1 is 1.39 bits per heavy atom. The molecule has 1 aromatic rings. The first-order valence-electron chi connectivity index (χ1n) is 8.86. The zero-order valence-corrected chi connectivity index (χ0v) is 15.0. The highest BCUT2D eigenvalue weighted by Crippen LogP contribution is 2.20. The topological polar surface area (TPSA) is 28.2 Å². The average molecular weight is 332 g/mol. The highest BCUT2D eigenvalue weighted by Gasteiger charge is 2.17. The molecule has 1 aliphatic rings. The van der Waals surface area contributed by atoms with E-state index in [1.807, 2.05) is 18.5 Å². The van der Waals surface area contributed by atoms with Crippen LogP contribution in [0.25, 0.3) is 0 Å². The summed E-state index contributed by atoms with van der Waals surface area (Å²) >= 11 is 5.67. The van der Waals surface area contributed by atoms with Gasteiger partial charge in [0.05, 0.1) is 0 Å². The molecule has 126 valence electrons. The lowest BCUT2D eigenvalue weighted by molar-refractivity contribution is 0.312. The van der Waals surface area contributed by atoms with Gasteiger partial charge in [0, 0.05) is 32.0 Å². The molecule has 0 unspecified atom stereocenters. The molecule has 0 radical (unpaired) electrons. The lowest BCUT2D eigenvalue weighted by atomic mass is 9.94. The molecule has 1 N–H and O–H groups in total. The maximum Gasteiger partial charge on any atom is 0.169 e. The van der Waals surface area contributed by atoms with E-state index in [0.29, 0.717) is 5.92 Å². The van der Waals surface area contributed by atoms with Crippen LogP contribution in [0.3, 0.4) is 0 Å². The van der Waals surface area contributed by atoms with Crippen molar-refractivity contribution in [1.82, 2.24) is 15.2 Å². The summed E-state index contributed by atoms with van der Waals surface area (Å²) in [6, 6.07) is 4.12. The monoisotopic (exact) mass is 331 g/mol. The van der Waals surface area contributed by atoms with Crippen LogP contribution in [-0.4, -0.2) is 28.1 Å². The fraction of sp³-hybridized carbons (Fsp3) is 0.579. The third kappa shape index (κ3) is 6.69. The first kappa shape index (κ1) is 17.9. The molecule has 3 nitrogen and oxygen atoms in total. The van der Waals surface area contributed by atoms with Crippen molar-refractivity contribution in [2.45, 2.75) is 52.0 Å². The zero-order valence-electron chi connectivity index (χ0n) is 14.2.